The molecular weight excluding hydrogens is 328 g/mol. The number of hydrogen-bond acceptors (Lipinski definition) is 5. The standard InChI is InChI=1S/C20H22N4O2/c1-12-9-14(3)18(15(4)10-12)22-23-20-16(11-17(25)26-5)21-19-13(2)7-6-8-24(19)20/h6-10H,11H2,1-5H3. The molecule has 6 nitrogen and oxygen atoms in total. The monoisotopic (exact) mass is 350 g/mol. The second-order valence-electron chi connectivity index (χ2n) is 6.47. The molecule has 3 aromatic rings. The highest BCUT2D eigenvalue weighted by Gasteiger charge is 2.17. The van der Waals surface area contributed by atoms with Crippen LogP contribution in [0.1, 0.15) is 27.9 Å². The maximum Gasteiger partial charge on any atom is 0.311 e. The van der Waals surface area contributed by atoms with Crippen LogP contribution in [-0.4, -0.2) is 22.5 Å². The number of methoxy groups -OCH3 is 1. The number of esters is 1. The van der Waals surface area contributed by atoms with Gasteiger partial charge >= 0.3 is 5.97 Å². The van der Waals surface area contributed by atoms with Gasteiger partial charge in [0.25, 0.3) is 0 Å². The van der Waals surface area contributed by atoms with Crippen LogP contribution in [-0.2, 0) is 16.0 Å². The van der Waals surface area contributed by atoms with E-state index in [0.717, 1.165) is 28.0 Å². The minimum absolute atomic E-state index is 0.0534. The fraction of sp³-hybridized carbons (Fsp3) is 0.300. The number of azo groups is 1. The number of aryl methyl sites for hydroxylation is 4. The Morgan fingerprint density at radius 3 is 2.46 bits per heavy atom. The first-order valence-corrected chi connectivity index (χ1v) is 8.43. The van der Waals surface area contributed by atoms with Gasteiger partial charge in [-0.05, 0) is 50.5 Å². The third kappa shape index (κ3) is 3.35. The molecule has 0 saturated heterocycles. The largest absolute Gasteiger partial charge is 0.469 e. The molecule has 0 aliphatic carbocycles. The molecule has 0 aliphatic rings. The summed E-state index contributed by atoms with van der Waals surface area (Å²) in [5.74, 6) is 0.193. The van der Waals surface area contributed by atoms with Gasteiger partial charge < -0.3 is 4.74 Å². The first-order chi connectivity index (χ1) is 12.4. The van der Waals surface area contributed by atoms with Crippen LogP contribution < -0.4 is 0 Å². The highest BCUT2D eigenvalue weighted by Crippen LogP contribution is 2.30. The summed E-state index contributed by atoms with van der Waals surface area (Å²) in [6.45, 7) is 8.06. The van der Waals surface area contributed by atoms with E-state index in [1.165, 1.54) is 12.7 Å². The Morgan fingerprint density at radius 1 is 1.12 bits per heavy atom. The van der Waals surface area contributed by atoms with Gasteiger partial charge in [-0.2, -0.15) is 0 Å². The Bertz CT molecular complexity index is 995. The fourth-order valence-corrected chi connectivity index (χ4v) is 3.10. The van der Waals surface area contributed by atoms with Gasteiger partial charge in [0.2, 0.25) is 0 Å². The van der Waals surface area contributed by atoms with Crippen LogP contribution in [0.25, 0.3) is 5.65 Å². The van der Waals surface area contributed by atoms with Gasteiger partial charge in [-0.3, -0.25) is 9.20 Å². The average Bonchev–Trinajstić information content (AvgIpc) is 2.92. The highest BCUT2D eigenvalue weighted by molar-refractivity contribution is 5.74. The molecule has 1 aromatic carbocycles. The number of aromatic nitrogens is 2. The van der Waals surface area contributed by atoms with Crippen molar-refractivity contribution >= 4 is 23.1 Å². The quantitative estimate of drug-likeness (QED) is 0.506. The van der Waals surface area contributed by atoms with Gasteiger partial charge in [0.15, 0.2) is 5.82 Å². The lowest BCUT2D eigenvalue weighted by atomic mass is 10.1. The van der Waals surface area contributed by atoms with Gasteiger partial charge in [-0.15, -0.1) is 10.2 Å². The summed E-state index contributed by atoms with van der Waals surface area (Å²) in [6, 6.07) is 8.05. The molecule has 3 rings (SSSR count). The summed E-state index contributed by atoms with van der Waals surface area (Å²) in [7, 11) is 1.36. The van der Waals surface area contributed by atoms with Crippen LogP contribution in [0.4, 0.5) is 11.5 Å². The summed E-state index contributed by atoms with van der Waals surface area (Å²) in [6.07, 6.45) is 1.93. The molecule has 134 valence electrons. The molecule has 2 heterocycles. The minimum atomic E-state index is -0.356. The van der Waals surface area contributed by atoms with Gasteiger partial charge in [-0.25, -0.2) is 4.98 Å². The Balaban J connectivity index is 2.13. The number of carbonyl (C=O) groups excluding carboxylic acids is 1. The van der Waals surface area contributed by atoms with Crippen molar-refractivity contribution in [1.82, 2.24) is 9.38 Å². The molecule has 6 heteroatoms. The first-order valence-electron chi connectivity index (χ1n) is 8.43. The average molecular weight is 350 g/mol. The molecule has 0 amide bonds. The van der Waals surface area contributed by atoms with E-state index in [2.05, 4.69) is 34.3 Å². The maximum atomic E-state index is 11.8. The smallest absolute Gasteiger partial charge is 0.311 e. The molecule has 0 radical (unpaired) electrons. The van der Waals surface area contributed by atoms with Crippen LogP contribution in [0.2, 0.25) is 0 Å². The van der Waals surface area contributed by atoms with Crippen molar-refractivity contribution in [1.29, 1.82) is 0 Å². The third-order valence-electron chi connectivity index (χ3n) is 4.31. The Kier molecular flexibility index (Phi) is 4.84. The number of benzene rings is 1. The first kappa shape index (κ1) is 17.8. The van der Waals surface area contributed by atoms with E-state index in [1.54, 1.807) is 0 Å². The molecule has 0 spiro atoms. The molecular formula is C20H22N4O2. The van der Waals surface area contributed by atoms with Gasteiger partial charge in [-0.1, -0.05) is 23.8 Å². The van der Waals surface area contributed by atoms with E-state index < -0.39 is 0 Å². The molecule has 0 aliphatic heterocycles. The SMILES string of the molecule is COC(=O)Cc1nc2c(C)cccn2c1N=Nc1c(C)cc(C)cc1C. The second-order valence-corrected chi connectivity index (χ2v) is 6.47. The molecule has 0 fully saturated rings. The van der Waals surface area contributed by atoms with E-state index >= 15 is 0 Å². The van der Waals surface area contributed by atoms with Crippen LogP contribution in [0.3, 0.4) is 0 Å². The number of rotatable bonds is 4. The van der Waals surface area contributed by atoms with Gasteiger partial charge in [0.05, 0.1) is 24.9 Å². The topological polar surface area (TPSA) is 68.3 Å². The molecule has 0 saturated carbocycles. The highest BCUT2D eigenvalue weighted by atomic mass is 16.5. The lowest BCUT2D eigenvalue weighted by Crippen LogP contribution is -2.04. The zero-order valence-electron chi connectivity index (χ0n) is 15.7. The fourth-order valence-electron chi connectivity index (χ4n) is 3.10. The lowest BCUT2D eigenvalue weighted by Gasteiger charge is -2.05. The van der Waals surface area contributed by atoms with Gasteiger partial charge in [0.1, 0.15) is 5.65 Å². The van der Waals surface area contributed by atoms with E-state index in [9.17, 15) is 4.79 Å². The van der Waals surface area contributed by atoms with Crippen LogP contribution >= 0.6 is 0 Å². The van der Waals surface area contributed by atoms with Gasteiger partial charge in [0, 0.05) is 6.20 Å². The number of fused-ring (bicyclic) bond motifs is 1. The number of nitrogens with zero attached hydrogens (tertiary/aromatic N) is 4. The Hall–Kier alpha value is -3.02. The molecule has 0 unspecified atom stereocenters. The predicted octanol–water partition coefficient (Wildman–Crippen LogP) is 4.70. The summed E-state index contributed by atoms with van der Waals surface area (Å²) < 4.78 is 6.65. The number of pyridine rings is 1. The molecule has 2 aromatic heterocycles. The Labute approximate surface area is 152 Å². The second kappa shape index (κ2) is 7.07. The lowest BCUT2D eigenvalue weighted by molar-refractivity contribution is -0.139. The summed E-state index contributed by atoms with van der Waals surface area (Å²) in [5, 5.41) is 8.94. The van der Waals surface area contributed by atoms with Crippen molar-refractivity contribution in [2.24, 2.45) is 10.2 Å². The number of hydrogen-bond donors (Lipinski definition) is 0. The molecule has 26 heavy (non-hydrogen) atoms. The van der Waals surface area contributed by atoms with Crippen molar-refractivity contribution in [2.45, 2.75) is 34.1 Å². The molecule has 0 bridgehead atoms. The van der Waals surface area contributed by atoms with E-state index in [0.29, 0.717) is 11.5 Å². The number of imidazole rings is 1. The van der Waals surface area contributed by atoms with E-state index in [-0.39, 0.29) is 12.4 Å². The zero-order chi connectivity index (χ0) is 18.8. The Morgan fingerprint density at radius 2 is 1.81 bits per heavy atom. The summed E-state index contributed by atoms with van der Waals surface area (Å²) in [4.78, 5) is 16.4. The van der Waals surface area contributed by atoms with Crippen LogP contribution in [0.5, 0.6) is 0 Å². The van der Waals surface area contributed by atoms with Crippen molar-refractivity contribution in [3.8, 4) is 0 Å². The van der Waals surface area contributed by atoms with E-state index in [1.807, 2.05) is 43.5 Å². The number of ether oxygens (including phenoxy) is 1. The summed E-state index contributed by atoms with van der Waals surface area (Å²) >= 11 is 0. The van der Waals surface area contributed by atoms with Crippen LogP contribution in [0, 0.1) is 27.7 Å². The predicted molar refractivity (Wildman–Crippen MR) is 100 cm³/mol. The molecule has 0 atom stereocenters. The van der Waals surface area contributed by atoms with Crippen molar-refractivity contribution in [2.75, 3.05) is 7.11 Å². The van der Waals surface area contributed by atoms with Crippen molar-refractivity contribution < 1.29 is 9.53 Å². The van der Waals surface area contributed by atoms with Crippen molar-refractivity contribution in [3.05, 3.63) is 58.4 Å². The maximum absolute atomic E-state index is 11.8. The minimum Gasteiger partial charge on any atom is -0.469 e. The van der Waals surface area contributed by atoms with Crippen molar-refractivity contribution in [3.63, 3.8) is 0 Å². The van der Waals surface area contributed by atoms with Crippen LogP contribution in [0.15, 0.2) is 40.7 Å². The third-order valence-corrected chi connectivity index (χ3v) is 4.31. The molecule has 0 N–H and O–H groups in total. The zero-order valence-corrected chi connectivity index (χ0v) is 15.7. The summed E-state index contributed by atoms with van der Waals surface area (Å²) in [5.41, 5.74) is 6.47. The van der Waals surface area contributed by atoms with E-state index in [4.69, 9.17) is 4.74 Å². The normalized spacial score (nSPS) is 11.4. The number of carbonyl (C=O) groups is 1.